The van der Waals surface area contributed by atoms with Gasteiger partial charge < -0.3 is 14.5 Å². The van der Waals surface area contributed by atoms with Crippen molar-refractivity contribution in [1.82, 2.24) is 5.32 Å². The Morgan fingerprint density at radius 2 is 2.35 bits per heavy atom. The summed E-state index contributed by atoms with van der Waals surface area (Å²) >= 11 is 0. The maximum absolute atomic E-state index is 11.2. The van der Waals surface area contributed by atoms with Crippen LogP contribution in [0.3, 0.4) is 0 Å². The second kappa shape index (κ2) is 6.56. The number of furan rings is 1. The van der Waals surface area contributed by atoms with E-state index in [0.717, 1.165) is 0 Å². The van der Waals surface area contributed by atoms with E-state index in [1.165, 1.54) is 13.4 Å². The van der Waals surface area contributed by atoms with Gasteiger partial charge in [0.15, 0.2) is 0 Å². The minimum absolute atomic E-state index is 0.0880. The van der Waals surface area contributed by atoms with Crippen LogP contribution in [0.15, 0.2) is 16.7 Å². The average molecular weight is 259 g/mol. The van der Waals surface area contributed by atoms with Gasteiger partial charge >= 0.3 is 5.97 Å². The van der Waals surface area contributed by atoms with Gasteiger partial charge in [0.25, 0.3) is 0 Å². The van der Waals surface area contributed by atoms with Crippen LogP contribution in [0.1, 0.15) is 23.0 Å². The molecular formula is C11H17NO4S. The van der Waals surface area contributed by atoms with E-state index in [9.17, 15) is 9.00 Å². The molecule has 0 aliphatic heterocycles. The highest BCUT2D eigenvalue weighted by atomic mass is 32.2. The molecule has 0 fully saturated rings. The third kappa shape index (κ3) is 4.32. The minimum atomic E-state index is -0.839. The molecule has 17 heavy (non-hydrogen) atoms. The second-order valence-electron chi connectivity index (χ2n) is 3.73. The third-order valence-corrected chi connectivity index (χ3v) is 3.67. The fraction of sp³-hybridized carbons (Fsp3) is 0.545. The molecule has 0 aliphatic carbocycles. The first-order valence-electron chi connectivity index (χ1n) is 5.23. The van der Waals surface area contributed by atoms with Gasteiger partial charge in [-0.05, 0) is 13.0 Å². The summed E-state index contributed by atoms with van der Waals surface area (Å²) in [6, 6.07) is 1.63. The number of carbonyl (C=O) groups is 1. The van der Waals surface area contributed by atoms with Gasteiger partial charge in [0, 0.05) is 28.9 Å². The molecule has 1 rings (SSSR count). The quantitative estimate of drug-likeness (QED) is 0.769. The standard InChI is InChI=1S/C11H17NO4S/c1-8(17(3)14)5-12-6-10-4-9(7-16-10)11(13)15-2/h4,7-8,12H,5-6H2,1-3H3. The van der Waals surface area contributed by atoms with Gasteiger partial charge in [-0.15, -0.1) is 0 Å². The van der Waals surface area contributed by atoms with Gasteiger partial charge in [-0.25, -0.2) is 4.79 Å². The first kappa shape index (κ1) is 13.9. The molecule has 1 aromatic rings. The summed E-state index contributed by atoms with van der Waals surface area (Å²) in [6.07, 6.45) is 3.04. The molecule has 1 N–H and O–H groups in total. The van der Waals surface area contributed by atoms with Crippen molar-refractivity contribution in [3.8, 4) is 0 Å². The first-order valence-corrected chi connectivity index (χ1v) is 6.85. The van der Waals surface area contributed by atoms with Gasteiger partial charge in [-0.1, -0.05) is 0 Å². The lowest BCUT2D eigenvalue weighted by Crippen LogP contribution is -2.26. The maximum Gasteiger partial charge on any atom is 0.341 e. The Labute approximate surface area is 103 Å². The summed E-state index contributed by atoms with van der Waals surface area (Å²) in [4.78, 5) is 11.2. The Bertz CT molecular complexity index is 402. The number of esters is 1. The lowest BCUT2D eigenvalue weighted by atomic mass is 10.3. The number of nitrogens with one attached hydrogen (secondary N) is 1. The van der Waals surface area contributed by atoms with Gasteiger partial charge in [0.1, 0.15) is 12.0 Å². The summed E-state index contributed by atoms with van der Waals surface area (Å²) in [7, 11) is 0.486. The highest BCUT2D eigenvalue weighted by Crippen LogP contribution is 2.08. The molecule has 0 spiro atoms. The molecule has 6 heteroatoms. The van der Waals surface area contributed by atoms with Crippen LogP contribution in [0, 0.1) is 0 Å². The van der Waals surface area contributed by atoms with Gasteiger partial charge in [-0.3, -0.25) is 4.21 Å². The normalized spacial score (nSPS) is 14.3. The van der Waals surface area contributed by atoms with Gasteiger partial charge in [-0.2, -0.15) is 0 Å². The van der Waals surface area contributed by atoms with E-state index in [2.05, 4.69) is 10.1 Å². The predicted octanol–water partition coefficient (Wildman–Crippen LogP) is 0.923. The van der Waals surface area contributed by atoms with Crippen LogP contribution in [-0.2, 0) is 22.1 Å². The number of hydrogen-bond donors (Lipinski definition) is 1. The van der Waals surface area contributed by atoms with E-state index in [1.807, 2.05) is 6.92 Å². The Kier molecular flexibility index (Phi) is 5.37. The largest absolute Gasteiger partial charge is 0.467 e. The average Bonchev–Trinajstić information content (AvgIpc) is 2.76. The van der Waals surface area contributed by atoms with E-state index in [-0.39, 0.29) is 5.25 Å². The number of hydrogen-bond acceptors (Lipinski definition) is 5. The van der Waals surface area contributed by atoms with Crippen LogP contribution in [0.2, 0.25) is 0 Å². The van der Waals surface area contributed by atoms with Crippen molar-refractivity contribution >= 4 is 16.8 Å². The molecule has 1 heterocycles. The molecule has 2 atom stereocenters. The molecule has 0 amide bonds. The fourth-order valence-corrected chi connectivity index (χ4v) is 1.57. The van der Waals surface area contributed by atoms with E-state index < -0.39 is 16.8 Å². The van der Waals surface area contributed by atoms with E-state index in [4.69, 9.17) is 4.42 Å². The Balaban J connectivity index is 2.40. The zero-order valence-electron chi connectivity index (χ0n) is 10.2. The fourth-order valence-electron chi connectivity index (χ4n) is 1.21. The SMILES string of the molecule is COC(=O)c1coc(CNCC(C)S(C)=O)c1. The maximum atomic E-state index is 11.2. The summed E-state index contributed by atoms with van der Waals surface area (Å²) < 4.78 is 20.9. The van der Waals surface area contributed by atoms with E-state index in [1.54, 1.807) is 12.3 Å². The smallest absolute Gasteiger partial charge is 0.341 e. The molecule has 0 bridgehead atoms. The van der Waals surface area contributed by atoms with Crippen molar-refractivity contribution in [1.29, 1.82) is 0 Å². The Morgan fingerprint density at radius 1 is 1.65 bits per heavy atom. The highest BCUT2D eigenvalue weighted by molar-refractivity contribution is 7.84. The van der Waals surface area contributed by atoms with Crippen molar-refractivity contribution in [2.75, 3.05) is 19.9 Å². The summed E-state index contributed by atoms with van der Waals surface area (Å²) in [5.74, 6) is 0.238. The van der Waals surface area contributed by atoms with Crippen LogP contribution >= 0.6 is 0 Å². The molecule has 2 unspecified atom stereocenters. The summed E-state index contributed by atoms with van der Waals surface area (Å²) in [5, 5.41) is 3.20. The van der Waals surface area contributed by atoms with Crippen molar-refractivity contribution in [2.24, 2.45) is 0 Å². The van der Waals surface area contributed by atoms with Crippen LogP contribution in [0.5, 0.6) is 0 Å². The molecule has 0 saturated heterocycles. The van der Waals surface area contributed by atoms with E-state index >= 15 is 0 Å². The van der Waals surface area contributed by atoms with Crippen molar-refractivity contribution in [3.63, 3.8) is 0 Å². The molecule has 0 saturated carbocycles. The third-order valence-electron chi connectivity index (χ3n) is 2.37. The monoisotopic (exact) mass is 259 g/mol. The van der Waals surface area contributed by atoms with Crippen molar-refractivity contribution in [2.45, 2.75) is 18.7 Å². The Hall–Kier alpha value is -1.14. The molecule has 0 aromatic carbocycles. The zero-order chi connectivity index (χ0) is 12.8. The van der Waals surface area contributed by atoms with Crippen LogP contribution in [0.25, 0.3) is 0 Å². The highest BCUT2D eigenvalue weighted by Gasteiger charge is 2.10. The van der Waals surface area contributed by atoms with Crippen LogP contribution < -0.4 is 5.32 Å². The zero-order valence-corrected chi connectivity index (χ0v) is 11.0. The first-order chi connectivity index (χ1) is 8.04. The molecule has 1 aromatic heterocycles. The number of ether oxygens (including phenoxy) is 1. The van der Waals surface area contributed by atoms with E-state index in [0.29, 0.717) is 24.4 Å². The van der Waals surface area contributed by atoms with Gasteiger partial charge in [0.2, 0.25) is 0 Å². The molecule has 96 valence electrons. The molecular weight excluding hydrogens is 242 g/mol. The van der Waals surface area contributed by atoms with Crippen molar-refractivity contribution < 1.29 is 18.2 Å². The lowest BCUT2D eigenvalue weighted by molar-refractivity contribution is 0.0600. The predicted molar refractivity (Wildman–Crippen MR) is 65.3 cm³/mol. The lowest BCUT2D eigenvalue weighted by Gasteiger charge is -2.08. The minimum Gasteiger partial charge on any atom is -0.467 e. The molecule has 0 aliphatic rings. The number of carbonyl (C=O) groups excluding carboxylic acids is 1. The molecule has 0 radical (unpaired) electrons. The van der Waals surface area contributed by atoms with Crippen LogP contribution in [-0.4, -0.2) is 35.3 Å². The topological polar surface area (TPSA) is 68.5 Å². The van der Waals surface area contributed by atoms with Crippen LogP contribution in [0.4, 0.5) is 0 Å². The van der Waals surface area contributed by atoms with Gasteiger partial charge in [0.05, 0.1) is 19.2 Å². The van der Waals surface area contributed by atoms with Crippen molar-refractivity contribution in [3.05, 3.63) is 23.7 Å². The number of rotatable bonds is 6. The molecule has 5 nitrogen and oxygen atoms in total. The summed E-state index contributed by atoms with van der Waals surface area (Å²) in [6.45, 7) is 3.04. The number of methoxy groups -OCH3 is 1. The summed E-state index contributed by atoms with van der Waals surface area (Å²) in [5.41, 5.74) is 0.399. The second-order valence-corrected chi connectivity index (χ2v) is 5.54. The Morgan fingerprint density at radius 3 is 2.94 bits per heavy atom.